The molecule has 3 amide bonds. The van der Waals surface area contributed by atoms with Gasteiger partial charge in [0.1, 0.15) is 12.3 Å². The number of anilines is 1. The smallest absolute Gasteiger partial charge is 0.254 e. The largest absolute Gasteiger partial charge is 0.497 e. The lowest BCUT2D eigenvalue weighted by atomic mass is 10.1. The van der Waals surface area contributed by atoms with Gasteiger partial charge in [0.2, 0.25) is 11.8 Å². The number of rotatable bonds is 15. The summed E-state index contributed by atoms with van der Waals surface area (Å²) in [5.74, 6) is 1.02. The summed E-state index contributed by atoms with van der Waals surface area (Å²) in [7, 11) is 6.23. The van der Waals surface area contributed by atoms with Crippen LogP contribution in [-0.4, -0.2) is 82.3 Å². The van der Waals surface area contributed by atoms with Crippen LogP contribution in [0.4, 0.5) is 5.13 Å². The third kappa shape index (κ3) is 8.95. The van der Waals surface area contributed by atoms with Crippen LogP contribution in [0.25, 0.3) is 0 Å². The number of hydrogen-bond acceptors (Lipinski definition) is 9. The Balaban J connectivity index is 1.49. The number of aromatic nitrogens is 1. The van der Waals surface area contributed by atoms with Crippen LogP contribution in [0.15, 0.2) is 47.8 Å². The van der Waals surface area contributed by atoms with Gasteiger partial charge in [0.15, 0.2) is 16.6 Å². The molecular formula is C28H34N4O7S. The van der Waals surface area contributed by atoms with Crippen LogP contribution in [0.2, 0.25) is 0 Å². The van der Waals surface area contributed by atoms with Gasteiger partial charge in [-0.25, -0.2) is 4.98 Å². The fourth-order valence-corrected chi connectivity index (χ4v) is 4.48. The molecule has 0 spiro atoms. The summed E-state index contributed by atoms with van der Waals surface area (Å²) < 4.78 is 20.8. The van der Waals surface area contributed by atoms with Gasteiger partial charge >= 0.3 is 0 Å². The Bertz CT molecular complexity index is 1280. The van der Waals surface area contributed by atoms with Crippen LogP contribution in [-0.2, 0) is 27.2 Å². The monoisotopic (exact) mass is 570 g/mol. The first kappa shape index (κ1) is 30.4. The van der Waals surface area contributed by atoms with Crippen molar-refractivity contribution in [3.8, 4) is 17.2 Å². The van der Waals surface area contributed by atoms with E-state index in [1.807, 2.05) is 18.2 Å². The standard InChI is InChI=1S/C28H34N4O7S/c1-36-14-13-32(27(35)20-6-8-22(37-2)9-7-20)17-26(34)31-28-30-21(18-40-28)16-25(33)29-12-11-19-5-10-23(38-3)24(15-19)39-4/h5-10,15,18H,11-14,16-17H2,1-4H3,(H,29,33)(H,30,31,34). The maximum Gasteiger partial charge on any atom is 0.254 e. The molecule has 0 atom stereocenters. The molecule has 0 radical (unpaired) electrons. The molecule has 0 saturated carbocycles. The average Bonchev–Trinajstić information content (AvgIpc) is 3.40. The molecule has 12 heteroatoms. The molecular weight excluding hydrogens is 536 g/mol. The summed E-state index contributed by atoms with van der Waals surface area (Å²) in [5.41, 5.74) is 1.97. The van der Waals surface area contributed by atoms with Gasteiger partial charge in [-0.05, 0) is 48.4 Å². The second-order valence-electron chi connectivity index (χ2n) is 8.61. The van der Waals surface area contributed by atoms with Crippen molar-refractivity contribution < 1.29 is 33.3 Å². The molecule has 3 rings (SSSR count). The van der Waals surface area contributed by atoms with Crippen molar-refractivity contribution in [1.82, 2.24) is 15.2 Å². The average molecular weight is 571 g/mol. The summed E-state index contributed by atoms with van der Waals surface area (Å²) in [6.45, 7) is 0.778. The Morgan fingerprint density at radius 3 is 2.35 bits per heavy atom. The minimum absolute atomic E-state index is 0.0776. The molecule has 40 heavy (non-hydrogen) atoms. The summed E-state index contributed by atoms with van der Waals surface area (Å²) in [4.78, 5) is 43.9. The zero-order valence-electron chi connectivity index (χ0n) is 23.0. The molecule has 214 valence electrons. The van der Waals surface area contributed by atoms with E-state index >= 15 is 0 Å². The number of carbonyl (C=O) groups excluding carboxylic acids is 3. The minimum Gasteiger partial charge on any atom is -0.497 e. The first-order valence-electron chi connectivity index (χ1n) is 12.5. The maximum atomic E-state index is 13.0. The topological polar surface area (TPSA) is 128 Å². The van der Waals surface area contributed by atoms with Gasteiger partial charge in [-0.2, -0.15) is 0 Å². The molecule has 0 aliphatic carbocycles. The zero-order valence-corrected chi connectivity index (χ0v) is 23.8. The lowest BCUT2D eigenvalue weighted by Gasteiger charge is -2.21. The van der Waals surface area contributed by atoms with Crippen molar-refractivity contribution in [3.05, 3.63) is 64.7 Å². The van der Waals surface area contributed by atoms with Gasteiger partial charge in [-0.15, -0.1) is 11.3 Å². The highest BCUT2D eigenvalue weighted by molar-refractivity contribution is 7.13. The first-order chi connectivity index (χ1) is 19.4. The Kier molecular flexibility index (Phi) is 11.7. The summed E-state index contributed by atoms with van der Waals surface area (Å²) >= 11 is 1.21. The normalized spacial score (nSPS) is 10.5. The van der Waals surface area contributed by atoms with E-state index in [0.29, 0.717) is 46.6 Å². The molecule has 2 N–H and O–H groups in total. The van der Waals surface area contributed by atoms with E-state index in [9.17, 15) is 14.4 Å². The van der Waals surface area contributed by atoms with Crippen LogP contribution >= 0.6 is 11.3 Å². The molecule has 0 saturated heterocycles. The maximum absolute atomic E-state index is 13.0. The molecule has 1 aromatic heterocycles. The van der Waals surface area contributed by atoms with Crippen LogP contribution in [0.5, 0.6) is 17.2 Å². The molecule has 0 unspecified atom stereocenters. The van der Waals surface area contributed by atoms with Gasteiger partial charge in [0.05, 0.1) is 40.1 Å². The third-order valence-electron chi connectivity index (χ3n) is 5.85. The second kappa shape index (κ2) is 15.4. The number of amides is 3. The van der Waals surface area contributed by atoms with Crippen molar-refractivity contribution in [2.24, 2.45) is 0 Å². The minimum atomic E-state index is -0.404. The molecule has 0 aliphatic rings. The van der Waals surface area contributed by atoms with E-state index in [2.05, 4.69) is 15.6 Å². The van der Waals surface area contributed by atoms with E-state index in [1.165, 1.54) is 23.3 Å². The highest BCUT2D eigenvalue weighted by Crippen LogP contribution is 2.27. The van der Waals surface area contributed by atoms with Crippen LogP contribution in [0.1, 0.15) is 21.6 Å². The Hall–Kier alpha value is -4.16. The highest BCUT2D eigenvalue weighted by atomic mass is 32.1. The predicted octanol–water partition coefficient (Wildman–Crippen LogP) is 2.80. The van der Waals surface area contributed by atoms with Crippen molar-refractivity contribution >= 4 is 34.2 Å². The summed E-state index contributed by atoms with van der Waals surface area (Å²) in [6, 6.07) is 12.3. The summed E-state index contributed by atoms with van der Waals surface area (Å²) in [6.07, 6.45) is 0.702. The predicted molar refractivity (Wildman–Crippen MR) is 151 cm³/mol. The Morgan fingerprint density at radius 2 is 1.68 bits per heavy atom. The molecule has 0 fully saturated rings. The second-order valence-corrected chi connectivity index (χ2v) is 9.46. The van der Waals surface area contributed by atoms with Gasteiger partial charge < -0.3 is 34.5 Å². The number of nitrogens with one attached hydrogen (secondary N) is 2. The van der Waals surface area contributed by atoms with Crippen molar-refractivity contribution in [3.63, 3.8) is 0 Å². The van der Waals surface area contributed by atoms with Crippen molar-refractivity contribution in [2.45, 2.75) is 12.8 Å². The van der Waals surface area contributed by atoms with E-state index in [0.717, 1.165) is 5.56 Å². The summed E-state index contributed by atoms with van der Waals surface area (Å²) in [5, 5.41) is 7.66. The van der Waals surface area contributed by atoms with Crippen molar-refractivity contribution in [2.75, 3.05) is 60.0 Å². The van der Waals surface area contributed by atoms with Gasteiger partial charge in [0.25, 0.3) is 5.91 Å². The molecule has 2 aromatic carbocycles. The first-order valence-corrected chi connectivity index (χ1v) is 13.4. The third-order valence-corrected chi connectivity index (χ3v) is 6.65. The number of carbonyl (C=O) groups is 3. The molecule has 1 heterocycles. The van der Waals surface area contributed by atoms with Gasteiger partial charge in [-0.3, -0.25) is 14.4 Å². The van der Waals surface area contributed by atoms with Crippen LogP contribution < -0.4 is 24.8 Å². The molecule has 11 nitrogen and oxygen atoms in total. The fourth-order valence-electron chi connectivity index (χ4n) is 3.76. The SMILES string of the molecule is COCCN(CC(=O)Nc1nc(CC(=O)NCCc2ccc(OC)c(OC)c2)cs1)C(=O)c1ccc(OC)cc1. The number of ether oxygens (including phenoxy) is 4. The molecule has 0 aliphatic heterocycles. The van der Waals surface area contributed by atoms with Crippen LogP contribution in [0, 0.1) is 0 Å². The van der Waals surface area contributed by atoms with Gasteiger partial charge in [-0.1, -0.05) is 6.07 Å². The van der Waals surface area contributed by atoms with E-state index in [-0.39, 0.29) is 37.9 Å². The number of methoxy groups -OCH3 is 4. The van der Waals surface area contributed by atoms with E-state index in [1.54, 1.807) is 51.0 Å². The number of hydrogen-bond donors (Lipinski definition) is 2. The quantitative estimate of drug-likeness (QED) is 0.286. The lowest BCUT2D eigenvalue weighted by Crippen LogP contribution is -2.40. The van der Waals surface area contributed by atoms with Crippen LogP contribution in [0.3, 0.4) is 0 Å². The van der Waals surface area contributed by atoms with E-state index in [4.69, 9.17) is 18.9 Å². The van der Waals surface area contributed by atoms with E-state index < -0.39 is 5.91 Å². The lowest BCUT2D eigenvalue weighted by molar-refractivity contribution is -0.120. The molecule has 0 bridgehead atoms. The Morgan fingerprint density at radius 1 is 0.925 bits per heavy atom. The van der Waals surface area contributed by atoms with Crippen molar-refractivity contribution in [1.29, 1.82) is 0 Å². The zero-order chi connectivity index (χ0) is 28.9. The molecule has 3 aromatic rings. The number of benzene rings is 2. The Labute approximate surface area is 237 Å². The fraction of sp³-hybridized carbons (Fsp3) is 0.357. The van der Waals surface area contributed by atoms with Gasteiger partial charge in [0, 0.05) is 31.1 Å². The number of thiazole rings is 1. The number of nitrogens with zero attached hydrogens (tertiary/aromatic N) is 2. The highest BCUT2D eigenvalue weighted by Gasteiger charge is 2.20.